The van der Waals surface area contributed by atoms with Gasteiger partial charge in [0.15, 0.2) is 0 Å². The third-order valence-corrected chi connectivity index (χ3v) is 3.97. The highest BCUT2D eigenvalue weighted by Gasteiger charge is 2.17. The van der Waals surface area contributed by atoms with Crippen molar-refractivity contribution in [2.45, 2.75) is 15.8 Å². The molecular formula is C15H13N3OS. The molecule has 2 heterocycles. The van der Waals surface area contributed by atoms with E-state index in [1.54, 1.807) is 18.0 Å². The molecule has 1 aromatic carbocycles. The topological polar surface area (TPSA) is 54.0 Å². The summed E-state index contributed by atoms with van der Waals surface area (Å²) in [5.41, 5.74) is 7.88. The Balaban J connectivity index is 1.91. The molecule has 3 rings (SSSR count). The van der Waals surface area contributed by atoms with Crippen molar-refractivity contribution in [3.8, 4) is 0 Å². The van der Waals surface area contributed by atoms with Crippen LogP contribution >= 0.6 is 11.8 Å². The molecule has 1 aliphatic heterocycles. The Morgan fingerprint density at radius 2 is 2.05 bits per heavy atom. The van der Waals surface area contributed by atoms with E-state index in [4.69, 9.17) is 0 Å². The predicted molar refractivity (Wildman–Crippen MR) is 78.9 cm³/mol. The molecule has 2 aromatic rings. The van der Waals surface area contributed by atoms with Crippen LogP contribution in [0.1, 0.15) is 5.56 Å². The monoisotopic (exact) mass is 283 g/mol. The summed E-state index contributed by atoms with van der Waals surface area (Å²) in [7, 11) is 0. The normalized spacial score (nSPS) is 17.4. The molecule has 1 aliphatic rings. The number of rotatable bonds is 4. The van der Waals surface area contributed by atoms with Gasteiger partial charge in [-0.15, -0.1) is 0 Å². The van der Waals surface area contributed by atoms with Gasteiger partial charge in [-0.1, -0.05) is 30.0 Å². The fourth-order valence-electron chi connectivity index (χ4n) is 1.95. The molecule has 4 nitrogen and oxygen atoms in total. The van der Waals surface area contributed by atoms with Crippen LogP contribution in [-0.2, 0) is 4.79 Å². The van der Waals surface area contributed by atoms with E-state index in [1.165, 1.54) is 0 Å². The highest BCUT2D eigenvalue weighted by molar-refractivity contribution is 7.99. The van der Waals surface area contributed by atoms with Crippen molar-refractivity contribution >= 4 is 23.7 Å². The average Bonchev–Trinajstić information content (AvgIpc) is 2.98. The second-order valence-corrected chi connectivity index (χ2v) is 5.41. The molecule has 0 bridgehead atoms. The van der Waals surface area contributed by atoms with Gasteiger partial charge in [0.25, 0.3) is 0 Å². The number of hydrogen-bond acceptors (Lipinski definition) is 5. The Bertz CT molecular complexity index is 643. The van der Waals surface area contributed by atoms with E-state index >= 15 is 0 Å². The molecule has 1 aromatic heterocycles. The van der Waals surface area contributed by atoms with Gasteiger partial charge in [0.05, 0.1) is 5.70 Å². The number of pyridine rings is 1. The molecular weight excluding hydrogens is 270 g/mol. The minimum atomic E-state index is -0.284. The molecule has 1 atom stereocenters. The molecule has 0 radical (unpaired) electrons. The molecule has 0 saturated carbocycles. The third-order valence-electron chi connectivity index (χ3n) is 2.91. The number of hydrogen-bond donors (Lipinski definition) is 2. The molecule has 5 heteroatoms. The summed E-state index contributed by atoms with van der Waals surface area (Å²) in [6.07, 6.45) is 6.33. The molecule has 1 unspecified atom stereocenters. The van der Waals surface area contributed by atoms with Crippen LogP contribution in [0, 0.1) is 0 Å². The largest absolute Gasteiger partial charge is 0.320 e. The number of hydrazine groups is 1. The number of benzene rings is 1. The quantitative estimate of drug-likeness (QED) is 0.843. The van der Waals surface area contributed by atoms with E-state index in [0.29, 0.717) is 0 Å². The predicted octanol–water partition coefficient (Wildman–Crippen LogP) is 2.25. The summed E-state index contributed by atoms with van der Waals surface area (Å²) in [6, 6.07) is 11.8. The highest BCUT2D eigenvalue weighted by Crippen LogP contribution is 2.32. The van der Waals surface area contributed by atoms with E-state index in [1.807, 2.05) is 36.5 Å². The average molecular weight is 283 g/mol. The molecule has 0 spiro atoms. The Hall–Kier alpha value is -2.11. The summed E-state index contributed by atoms with van der Waals surface area (Å²) in [5.74, 6) is 0. The molecule has 20 heavy (non-hydrogen) atoms. The first-order chi connectivity index (χ1) is 9.86. The van der Waals surface area contributed by atoms with Crippen LogP contribution in [-0.4, -0.2) is 17.3 Å². The molecule has 0 amide bonds. The lowest BCUT2D eigenvalue weighted by Crippen LogP contribution is -2.32. The molecule has 2 N–H and O–H groups in total. The number of aldehydes is 1. The first kappa shape index (κ1) is 12.9. The Labute approximate surface area is 121 Å². The van der Waals surface area contributed by atoms with Crippen LogP contribution in [0.15, 0.2) is 64.7 Å². The number of carbonyl (C=O) groups excluding carboxylic acids is 1. The van der Waals surface area contributed by atoms with Crippen molar-refractivity contribution in [2.75, 3.05) is 0 Å². The van der Waals surface area contributed by atoms with Crippen molar-refractivity contribution in [2.24, 2.45) is 0 Å². The Morgan fingerprint density at radius 1 is 1.20 bits per heavy atom. The van der Waals surface area contributed by atoms with Crippen molar-refractivity contribution in [1.29, 1.82) is 0 Å². The van der Waals surface area contributed by atoms with E-state index in [2.05, 4.69) is 28.0 Å². The van der Waals surface area contributed by atoms with Gasteiger partial charge in [-0.05, 0) is 24.3 Å². The minimum Gasteiger partial charge on any atom is -0.320 e. The summed E-state index contributed by atoms with van der Waals surface area (Å²) < 4.78 is 0. The van der Waals surface area contributed by atoms with Gasteiger partial charge in [0.2, 0.25) is 0 Å². The zero-order valence-corrected chi connectivity index (χ0v) is 11.4. The lowest BCUT2D eigenvalue weighted by atomic mass is 10.2. The molecule has 0 aliphatic carbocycles. The zero-order valence-electron chi connectivity index (χ0n) is 10.6. The fourth-order valence-corrected chi connectivity index (χ4v) is 2.90. The van der Waals surface area contributed by atoms with Crippen LogP contribution in [0.25, 0.3) is 5.70 Å². The lowest BCUT2D eigenvalue weighted by molar-refractivity contribution is -0.108. The van der Waals surface area contributed by atoms with E-state index in [9.17, 15) is 4.79 Å². The Morgan fingerprint density at radius 3 is 2.80 bits per heavy atom. The molecule has 0 saturated heterocycles. The van der Waals surface area contributed by atoms with Crippen LogP contribution in [0.2, 0.25) is 0 Å². The van der Waals surface area contributed by atoms with Crippen LogP contribution in [0.4, 0.5) is 0 Å². The summed E-state index contributed by atoms with van der Waals surface area (Å²) in [6.45, 7) is 0. The standard InChI is InChI=1S/C15H13N3OS/c19-10-11-8-14(18-17-11)13-6-7-16-9-15(13)20-12-4-2-1-3-5-12/h1-11,17-18H. The minimum absolute atomic E-state index is 0.284. The smallest absolute Gasteiger partial charge is 0.142 e. The number of aromatic nitrogens is 1. The molecule has 100 valence electrons. The van der Waals surface area contributed by atoms with Crippen molar-refractivity contribution in [3.63, 3.8) is 0 Å². The second-order valence-electron chi connectivity index (χ2n) is 4.30. The van der Waals surface area contributed by atoms with Crippen LogP contribution in [0.3, 0.4) is 0 Å². The van der Waals surface area contributed by atoms with Crippen molar-refractivity contribution < 1.29 is 4.79 Å². The maximum atomic E-state index is 10.8. The van der Waals surface area contributed by atoms with Gasteiger partial charge in [-0.25, -0.2) is 5.43 Å². The maximum absolute atomic E-state index is 10.8. The summed E-state index contributed by atoms with van der Waals surface area (Å²) >= 11 is 1.65. The highest BCUT2D eigenvalue weighted by atomic mass is 32.2. The maximum Gasteiger partial charge on any atom is 0.142 e. The zero-order chi connectivity index (χ0) is 13.8. The van der Waals surface area contributed by atoms with Crippen LogP contribution in [0.5, 0.6) is 0 Å². The van der Waals surface area contributed by atoms with Gasteiger partial charge in [0.1, 0.15) is 12.3 Å². The van der Waals surface area contributed by atoms with E-state index < -0.39 is 0 Å². The van der Waals surface area contributed by atoms with Gasteiger partial charge in [0, 0.05) is 27.7 Å². The van der Waals surface area contributed by atoms with Gasteiger partial charge in [-0.2, -0.15) is 0 Å². The van der Waals surface area contributed by atoms with Crippen LogP contribution < -0.4 is 10.9 Å². The van der Waals surface area contributed by atoms with Crippen molar-refractivity contribution in [3.05, 3.63) is 60.4 Å². The van der Waals surface area contributed by atoms with Crippen molar-refractivity contribution in [1.82, 2.24) is 15.8 Å². The van der Waals surface area contributed by atoms with E-state index in [0.717, 1.165) is 27.3 Å². The summed E-state index contributed by atoms with van der Waals surface area (Å²) in [5, 5.41) is 0. The second kappa shape index (κ2) is 5.90. The third kappa shape index (κ3) is 2.74. The van der Waals surface area contributed by atoms with Gasteiger partial charge < -0.3 is 10.2 Å². The lowest BCUT2D eigenvalue weighted by Gasteiger charge is -2.10. The fraction of sp³-hybridized carbons (Fsp3) is 0.0667. The summed E-state index contributed by atoms with van der Waals surface area (Å²) in [4.78, 5) is 17.2. The first-order valence-electron chi connectivity index (χ1n) is 6.23. The molecule has 0 fully saturated rings. The Kier molecular flexibility index (Phi) is 3.80. The van der Waals surface area contributed by atoms with Gasteiger partial charge in [-0.3, -0.25) is 4.98 Å². The van der Waals surface area contributed by atoms with Gasteiger partial charge >= 0.3 is 0 Å². The number of nitrogens with zero attached hydrogens (tertiary/aromatic N) is 1. The van der Waals surface area contributed by atoms with E-state index in [-0.39, 0.29) is 6.04 Å². The number of nitrogens with one attached hydrogen (secondary N) is 2. The SMILES string of the molecule is O=CC1C=C(c2ccncc2Sc2ccccc2)NN1. The number of carbonyl (C=O) groups is 1. The first-order valence-corrected chi connectivity index (χ1v) is 7.04.